The van der Waals surface area contributed by atoms with Crippen molar-refractivity contribution in [2.45, 2.75) is 6.92 Å². The van der Waals surface area contributed by atoms with E-state index in [-0.39, 0.29) is 11.7 Å². The molecule has 7 heteroatoms. The molecular weight excluding hydrogens is 344 g/mol. The molecule has 0 spiro atoms. The van der Waals surface area contributed by atoms with E-state index in [2.05, 4.69) is 15.4 Å². The number of ether oxygens (including phenoxy) is 2. The number of aromatic nitrogens is 3. The zero-order valence-electron chi connectivity index (χ0n) is 15.6. The Bertz CT molecular complexity index is 902. The SMILES string of the molecule is COCCNC(=O)c1nc(-c2ccc(C)cc2)n(-c2ccc(OC)cc2)n1. The molecule has 0 bridgehead atoms. The van der Waals surface area contributed by atoms with Gasteiger partial charge in [-0.15, -0.1) is 5.10 Å². The number of carbonyl (C=O) groups excluding carboxylic acids is 1. The fourth-order valence-corrected chi connectivity index (χ4v) is 2.55. The Hall–Kier alpha value is -3.19. The van der Waals surface area contributed by atoms with Gasteiger partial charge in [-0.25, -0.2) is 9.67 Å². The highest BCUT2D eigenvalue weighted by Gasteiger charge is 2.18. The predicted octanol–water partition coefficient (Wildman–Crippen LogP) is 2.63. The summed E-state index contributed by atoms with van der Waals surface area (Å²) < 4.78 is 11.8. The summed E-state index contributed by atoms with van der Waals surface area (Å²) in [6.07, 6.45) is 0. The summed E-state index contributed by atoms with van der Waals surface area (Å²) >= 11 is 0. The molecule has 0 saturated carbocycles. The first-order chi connectivity index (χ1) is 13.1. The van der Waals surface area contributed by atoms with Gasteiger partial charge in [0.1, 0.15) is 5.75 Å². The second kappa shape index (κ2) is 8.46. The van der Waals surface area contributed by atoms with Crippen LogP contribution in [0.3, 0.4) is 0 Å². The fourth-order valence-electron chi connectivity index (χ4n) is 2.55. The molecule has 3 rings (SSSR count). The average molecular weight is 366 g/mol. The summed E-state index contributed by atoms with van der Waals surface area (Å²) in [7, 11) is 3.20. The third kappa shape index (κ3) is 4.32. The van der Waals surface area contributed by atoms with Crippen LogP contribution in [-0.2, 0) is 4.74 Å². The number of benzene rings is 2. The predicted molar refractivity (Wildman–Crippen MR) is 102 cm³/mol. The number of aryl methyl sites for hydroxylation is 1. The Kier molecular flexibility index (Phi) is 5.83. The van der Waals surface area contributed by atoms with Crippen LogP contribution in [0.5, 0.6) is 5.75 Å². The monoisotopic (exact) mass is 366 g/mol. The molecule has 0 aliphatic carbocycles. The molecule has 0 radical (unpaired) electrons. The van der Waals surface area contributed by atoms with Crippen LogP contribution in [0.25, 0.3) is 17.1 Å². The Morgan fingerprint density at radius 1 is 1.07 bits per heavy atom. The van der Waals surface area contributed by atoms with Gasteiger partial charge in [-0.1, -0.05) is 29.8 Å². The number of nitrogens with zero attached hydrogens (tertiary/aromatic N) is 3. The molecule has 0 aliphatic heterocycles. The van der Waals surface area contributed by atoms with Gasteiger partial charge in [-0.05, 0) is 31.2 Å². The van der Waals surface area contributed by atoms with Crippen LogP contribution in [0.1, 0.15) is 16.2 Å². The Balaban J connectivity index is 2.00. The number of methoxy groups -OCH3 is 2. The van der Waals surface area contributed by atoms with Crippen LogP contribution >= 0.6 is 0 Å². The number of rotatable bonds is 7. The van der Waals surface area contributed by atoms with Crippen molar-refractivity contribution in [3.8, 4) is 22.8 Å². The number of amides is 1. The van der Waals surface area contributed by atoms with Crippen LogP contribution < -0.4 is 10.1 Å². The molecule has 7 nitrogen and oxygen atoms in total. The zero-order chi connectivity index (χ0) is 19.2. The minimum atomic E-state index is -0.340. The van der Waals surface area contributed by atoms with Gasteiger partial charge in [0.15, 0.2) is 5.82 Å². The van der Waals surface area contributed by atoms with Gasteiger partial charge in [-0.2, -0.15) is 0 Å². The third-order valence-electron chi connectivity index (χ3n) is 4.03. The van der Waals surface area contributed by atoms with Gasteiger partial charge >= 0.3 is 0 Å². The molecule has 0 fully saturated rings. The number of hydrogen-bond donors (Lipinski definition) is 1. The van der Waals surface area contributed by atoms with Gasteiger partial charge in [0.05, 0.1) is 19.4 Å². The van der Waals surface area contributed by atoms with Crippen molar-refractivity contribution < 1.29 is 14.3 Å². The number of hydrogen-bond acceptors (Lipinski definition) is 5. The highest BCUT2D eigenvalue weighted by Crippen LogP contribution is 2.23. The molecule has 2 aromatic carbocycles. The summed E-state index contributed by atoms with van der Waals surface area (Å²) in [5.74, 6) is 1.11. The molecule has 27 heavy (non-hydrogen) atoms. The van der Waals surface area contributed by atoms with Gasteiger partial charge in [0.25, 0.3) is 5.91 Å². The first kappa shape index (κ1) is 18.6. The molecule has 140 valence electrons. The van der Waals surface area contributed by atoms with Gasteiger partial charge in [0, 0.05) is 19.2 Å². The van der Waals surface area contributed by atoms with E-state index in [1.165, 1.54) is 0 Å². The molecule has 0 aliphatic rings. The molecule has 0 saturated heterocycles. The maximum Gasteiger partial charge on any atom is 0.291 e. The lowest BCUT2D eigenvalue weighted by Gasteiger charge is -2.07. The molecule has 1 heterocycles. The van der Waals surface area contributed by atoms with E-state index >= 15 is 0 Å². The van der Waals surface area contributed by atoms with Crippen molar-refractivity contribution in [3.63, 3.8) is 0 Å². The molecule has 3 aromatic rings. The van der Waals surface area contributed by atoms with E-state index in [0.29, 0.717) is 19.0 Å². The van der Waals surface area contributed by atoms with Crippen molar-refractivity contribution in [1.82, 2.24) is 20.1 Å². The smallest absolute Gasteiger partial charge is 0.291 e. The Labute approximate surface area is 158 Å². The van der Waals surface area contributed by atoms with Crippen LogP contribution in [0.4, 0.5) is 0 Å². The summed E-state index contributed by atoms with van der Waals surface area (Å²) in [5, 5.41) is 7.17. The van der Waals surface area contributed by atoms with Crippen LogP contribution in [0.2, 0.25) is 0 Å². The zero-order valence-corrected chi connectivity index (χ0v) is 15.6. The molecule has 0 atom stereocenters. The van der Waals surface area contributed by atoms with Gasteiger partial charge in [0.2, 0.25) is 5.82 Å². The second-order valence-electron chi connectivity index (χ2n) is 5.98. The minimum Gasteiger partial charge on any atom is -0.497 e. The second-order valence-corrected chi connectivity index (χ2v) is 5.98. The molecule has 1 N–H and O–H groups in total. The lowest BCUT2D eigenvalue weighted by Crippen LogP contribution is -2.28. The van der Waals surface area contributed by atoms with Crippen molar-refractivity contribution in [2.75, 3.05) is 27.4 Å². The summed E-state index contributed by atoms with van der Waals surface area (Å²) in [6.45, 7) is 2.84. The third-order valence-corrected chi connectivity index (χ3v) is 4.03. The maximum absolute atomic E-state index is 12.4. The topological polar surface area (TPSA) is 78.3 Å². The van der Waals surface area contributed by atoms with Gasteiger partial charge in [-0.3, -0.25) is 4.79 Å². The molecule has 1 amide bonds. The van der Waals surface area contributed by atoms with Crippen molar-refractivity contribution >= 4 is 5.91 Å². The highest BCUT2D eigenvalue weighted by molar-refractivity contribution is 5.91. The van der Waals surface area contributed by atoms with Crippen molar-refractivity contribution in [2.24, 2.45) is 0 Å². The quantitative estimate of drug-likeness (QED) is 0.651. The van der Waals surface area contributed by atoms with E-state index in [4.69, 9.17) is 9.47 Å². The minimum absolute atomic E-state index is 0.109. The van der Waals surface area contributed by atoms with E-state index in [1.54, 1.807) is 18.9 Å². The molecular formula is C20H22N4O3. The standard InChI is InChI=1S/C20H22N4O3/c1-14-4-6-15(7-5-14)19-22-18(20(25)21-12-13-26-2)23-24(19)16-8-10-17(27-3)11-9-16/h4-11H,12-13H2,1-3H3,(H,21,25). The van der Waals surface area contributed by atoms with Crippen molar-refractivity contribution in [1.29, 1.82) is 0 Å². The normalized spacial score (nSPS) is 10.6. The van der Waals surface area contributed by atoms with E-state index in [0.717, 1.165) is 22.6 Å². The summed E-state index contributed by atoms with van der Waals surface area (Å²) in [5.41, 5.74) is 2.81. The van der Waals surface area contributed by atoms with Crippen LogP contribution in [0, 0.1) is 6.92 Å². The van der Waals surface area contributed by atoms with E-state index < -0.39 is 0 Å². The highest BCUT2D eigenvalue weighted by atomic mass is 16.5. The number of carbonyl (C=O) groups is 1. The lowest BCUT2D eigenvalue weighted by molar-refractivity contribution is 0.0927. The van der Waals surface area contributed by atoms with Crippen LogP contribution in [-0.4, -0.2) is 48.0 Å². The van der Waals surface area contributed by atoms with Crippen molar-refractivity contribution in [3.05, 3.63) is 59.9 Å². The summed E-state index contributed by atoms with van der Waals surface area (Å²) in [6, 6.07) is 15.4. The Morgan fingerprint density at radius 2 is 1.78 bits per heavy atom. The first-order valence-corrected chi connectivity index (χ1v) is 8.58. The number of nitrogens with one attached hydrogen (secondary N) is 1. The van der Waals surface area contributed by atoms with E-state index in [1.807, 2.05) is 55.5 Å². The average Bonchev–Trinajstić information content (AvgIpc) is 3.14. The van der Waals surface area contributed by atoms with E-state index in [9.17, 15) is 4.79 Å². The molecule has 1 aromatic heterocycles. The van der Waals surface area contributed by atoms with Gasteiger partial charge < -0.3 is 14.8 Å². The molecule has 0 unspecified atom stereocenters. The first-order valence-electron chi connectivity index (χ1n) is 8.58. The fraction of sp³-hybridized carbons (Fsp3) is 0.250. The van der Waals surface area contributed by atoms with Crippen LogP contribution in [0.15, 0.2) is 48.5 Å². The lowest BCUT2D eigenvalue weighted by atomic mass is 10.1. The Morgan fingerprint density at radius 3 is 2.41 bits per heavy atom. The maximum atomic E-state index is 12.4. The summed E-state index contributed by atoms with van der Waals surface area (Å²) in [4.78, 5) is 16.9. The largest absolute Gasteiger partial charge is 0.497 e.